The molecular formula is C31H39N3O5. The third-order valence-electron chi connectivity index (χ3n) is 11.1. The number of aliphatic hydroxyl groups is 3. The number of nitrogens with zero attached hydrogens (tertiary/aromatic N) is 3. The average molecular weight is 534 g/mol. The van der Waals surface area contributed by atoms with E-state index in [4.69, 9.17) is 4.74 Å². The van der Waals surface area contributed by atoms with Crippen molar-refractivity contribution in [2.45, 2.75) is 71.0 Å². The molecule has 2 aliphatic heterocycles. The Morgan fingerprint density at radius 1 is 1.18 bits per heavy atom. The molecular weight excluding hydrogens is 494 g/mol. The number of rotatable bonds is 5. The minimum absolute atomic E-state index is 0.167. The molecule has 4 fully saturated rings. The average Bonchev–Trinajstić information content (AvgIpc) is 3.40. The highest BCUT2D eigenvalue weighted by molar-refractivity contribution is 5.86. The summed E-state index contributed by atoms with van der Waals surface area (Å²) in [7, 11) is 0. The van der Waals surface area contributed by atoms with Crippen molar-refractivity contribution < 1.29 is 24.9 Å². The minimum atomic E-state index is -2.23. The van der Waals surface area contributed by atoms with Crippen molar-refractivity contribution in [1.82, 2.24) is 15.0 Å². The lowest BCUT2D eigenvalue weighted by molar-refractivity contribution is -0.442. The first-order chi connectivity index (χ1) is 18.5. The fraction of sp³-hybridized carbons (Fsp3) is 0.581. The number of allylic oxidation sites excluding steroid dienone is 1. The predicted octanol–water partition coefficient (Wildman–Crippen LogP) is 3.71. The van der Waals surface area contributed by atoms with Crippen molar-refractivity contribution >= 4 is 5.78 Å². The van der Waals surface area contributed by atoms with E-state index < -0.39 is 46.1 Å². The second-order valence-electron chi connectivity index (χ2n) is 12.6. The van der Waals surface area contributed by atoms with Gasteiger partial charge in [-0.25, -0.2) is 4.68 Å². The number of fused-ring (bicyclic) bond motifs is 1. The molecule has 1 aromatic heterocycles. The maximum Gasteiger partial charge on any atom is 0.208 e. The Morgan fingerprint density at radius 3 is 2.54 bits per heavy atom. The van der Waals surface area contributed by atoms with Gasteiger partial charge in [0.05, 0.1) is 24.9 Å². The van der Waals surface area contributed by atoms with Crippen molar-refractivity contribution in [2.75, 3.05) is 6.61 Å². The first kappa shape index (κ1) is 26.6. The molecule has 0 radical (unpaired) electrons. The van der Waals surface area contributed by atoms with Gasteiger partial charge in [0.15, 0.2) is 0 Å². The van der Waals surface area contributed by atoms with E-state index in [0.717, 1.165) is 16.8 Å². The van der Waals surface area contributed by atoms with E-state index in [1.807, 2.05) is 48.1 Å². The van der Waals surface area contributed by atoms with Crippen LogP contribution in [0.5, 0.6) is 0 Å². The van der Waals surface area contributed by atoms with Crippen molar-refractivity contribution in [1.29, 1.82) is 0 Å². The molecule has 3 heterocycles. The summed E-state index contributed by atoms with van der Waals surface area (Å²) in [4.78, 5) is 13.6. The molecule has 2 saturated heterocycles. The van der Waals surface area contributed by atoms with Crippen LogP contribution in [-0.2, 0) is 9.53 Å². The molecule has 8 nitrogen and oxygen atoms in total. The molecule has 208 valence electrons. The van der Waals surface area contributed by atoms with Crippen LogP contribution >= 0.6 is 0 Å². The number of carbonyl (C=O) groups excluding carboxylic acids is 1. The Labute approximate surface area is 229 Å². The molecule has 1 spiro atoms. The second-order valence-corrected chi connectivity index (χ2v) is 12.6. The molecule has 0 unspecified atom stereocenters. The molecule has 2 saturated carbocycles. The van der Waals surface area contributed by atoms with E-state index in [-0.39, 0.29) is 24.3 Å². The van der Waals surface area contributed by atoms with Crippen LogP contribution in [-0.4, -0.2) is 60.7 Å². The molecule has 10 atom stereocenters. The number of hydrogen-bond donors (Lipinski definition) is 3. The highest BCUT2D eigenvalue weighted by atomic mass is 16.6. The fourth-order valence-corrected chi connectivity index (χ4v) is 9.13. The number of aromatic nitrogens is 3. The molecule has 3 aliphatic carbocycles. The van der Waals surface area contributed by atoms with Gasteiger partial charge in [-0.2, -0.15) is 0 Å². The molecule has 2 bridgehead atoms. The van der Waals surface area contributed by atoms with E-state index in [0.29, 0.717) is 19.3 Å². The summed E-state index contributed by atoms with van der Waals surface area (Å²) < 4.78 is 7.97. The van der Waals surface area contributed by atoms with E-state index in [9.17, 15) is 20.1 Å². The van der Waals surface area contributed by atoms with E-state index in [1.165, 1.54) is 6.92 Å². The zero-order valence-corrected chi connectivity index (χ0v) is 23.1. The molecule has 1 aromatic carbocycles. The lowest BCUT2D eigenvalue weighted by Crippen LogP contribution is -2.85. The van der Waals surface area contributed by atoms with Crippen molar-refractivity contribution in [3.63, 3.8) is 0 Å². The largest absolute Gasteiger partial charge is 0.391 e. The fourth-order valence-electron chi connectivity index (χ4n) is 9.13. The van der Waals surface area contributed by atoms with Crippen LogP contribution < -0.4 is 0 Å². The van der Waals surface area contributed by atoms with Gasteiger partial charge in [0, 0.05) is 22.8 Å². The summed E-state index contributed by atoms with van der Waals surface area (Å²) in [6.45, 7) is 11.7. The zero-order valence-electron chi connectivity index (χ0n) is 23.1. The third-order valence-corrected chi connectivity index (χ3v) is 11.1. The Bertz CT molecular complexity index is 1340. The van der Waals surface area contributed by atoms with Crippen LogP contribution in [0.1, 0.15) is 53.0 Å². The zero-order chi connectivity index (χ0) is 28.0. The monoisotopic (exact) mass is 533 g/mol. The highest BCUT2D eigenvalue weighted by Gasteiger charge is 2.83. The van der Waals surface area contributed by atoms with E-state index in [1.54, 1.807) is 0 Å². The maximum absolute atomic E-state index is 13.6. The van der Waals surface area contributed by atoms with Crippen LogP contribution in [0.3, 0.4) is 0 Å². The summed E-state index contributed by atoms with van der Waals surface area (Å²) in [5.41, 5.74) is -0.497. The first-order valence-electron chi connectivity index (χ1n) is 14.0. The van der Waals surface area contributed by atoms with Gasteiger partial charge in [-0.15, -0.1) is 5.10 Å². The van der Waals surface area contributed by atoms with Crippen molar-refractivity contribution in [2.24, 2.45) is 34.0 Å². The predicted molar refractivity (Wildman–Crippen MR) is 145 cm³/mol. The third kappa shape index (κ3) is 3.11. The summed E-state index contributed by atoms with van der Waals surface area (Å²) in [5, 5.41) is 45.2. The topological polar surface area (TPSA) is 118 Å². The highest BCUT2D eigenvalue weighted by Crippen LogP contribution is 2.74. The Balaban J connectivity index is 1.51. The van der Waals surface area contributed by atoms with Gasteiger partial charge in [-0.05, 0) is 44.4 Å². The minimum Gasteiger partial charge on any atom is -0.391 e. The lowest BCUT2D eigenvalue weighted by atomic mass is 9.35. The summed E-state index contributed by atoms with van der Waals surface area (Å²) in [5.74, 6) is -3.81. The SMILES string of the molecule is C=C(C)[C@@H]1CC[C@H]2[C@]34C=C[C@@H](n5cc(-c6ccccc6)nn5)[C@@](C)(CC)[C@H]3[C@H](O)[C@](O)(OC4)[C@@]2(C(C)=O)[C@@H]1O. The van der Waals surface area contributed by atoms with Gasteiger partial charge in [0.25, 0.3) is 0 Å². The second kappa shape index (κ2) is 8.67. The van der Waals surface area contributed by atoms with Gasteiger partial charge in [0.2, 0.25) is 5.79 Å². The van der Waals surface area contributed by atoms with Crippen LogP contribution in [0.2, 0.25) is 0 Å². The quantitative estimate of drug-likeness (QED) is 0.502. The lowest BCUT2D eigenvalue weighted by Gasteiger charge is -2.74. The normalized spacial score (nSPS) is 44.5. The number of ether oxygens (including phenoxy) is 1. The molecule has 5 aliphatic rings. The molecule has 3 N–H and O–H groups in total. The van der Waals surface area contributed by atoms with Gasteiger partial charge < -0.3 is 20.1 Å². The number of aliphatic hydroxyl groups excluding tert-OH is 2. The summed E-state index contributed by atoms with van der Waals surface area (Å²) >= 11 is 0. The number of carbonyl (C=O) groups is 1. The van der Waals surface area contributed by atoms with Crippen molar-refractivity contribution in [3.8, 4) is 11.3 Å². The first-order valence-corrected chi connectivity index (χ1v) is 14.0. The van der Waals surface area contributed by atoms with E-state index in [2.05, 4.69) is 42.9 Å². The number of ketones is 1. The smallest absolute Gasteiger partial charge is 0.208 e. The molecule has 0 amide bonds. The molecule has 7 rings (SSSR count). The van der Waals surface area contributed by atoms with Gasteiger partial charge >= 0.3 is 0 Å². The maximum atomic E-state index is 13.6. The summed E-state index contributed by atoms with van der Waals surface area (Å²) in [6.07, 6.45) is 5.44. The number of hydrogen-bond acceptors (Lipinski definition) is 7. The molecule has 8 heteroatoms. The van der Waals surface area contributed by atoms with E-state index >= 15 is 0 Å². The van der Waals surface area contributed by atoms with Gasteiger partial charge in [-0.1, -0.05) is 73.7 Å². The standard InChI is InChI=1S/C31H39N3O5/c1-6-28(5)24(34-16-22(32-33-34)20-10-8-7-9-11-20)14-15-29-17-39-31(38,27(37)25(28)29)30(19(4)35)23(29)13-12-21(18(2)3)26(30)36/h7-11,14-16,21,23-27,36-38H,2,6,12-13,17H2,1,3-5H3/t21-,23-,24+,25+,26+,27-,28+,29+,30+,31-/m0/s1. The van der Waals surface area contributed by atoms with Crippen LogP contribution in [0.15, 0.2) is 60.8 Å². The number of Topliss-reactive ketones (excluding diaryl/α,β-unsaturated/α-hetero) is 1. The summed E-state index contributed by atoms with van der Waals surface area (Å²) in [6, 6.07) is 9.61. The van der Waals surface area contributed by atoms with Crippen LogP contribution in [0.25, 0.3) is 11.3 Å². The molecule has 2 aromatic rings. The van der Waals surface area contributed by atoms with Gasteiger partial charge in [0.1, 0.15) is 23.0 Å². The Kier molecular flexibility index (Phi) is 5.91. The van der Waals surface area contributed by atoms with Gasteiger partial charge in [-0.3, -0.25) is 4.79 Å². The Morgan fingerprint density at radius 2 is 1.90 bits per heavy atom. The Hall–Kier alpha value is -2.65. The van der Waals surface area contributed by atoms with Crippen molar-refractivity contribution in [3.05, 3.63) is 60.8 Å². The number of benzene rings is 1. The van der Waals surface area contributed by atoms with Crippen LogP contribution in [0.4, 0.5) is 0 Å². The van der Waals surface area contributed by atoms with Crippen LogP contribution in [0, 0.1) is 34.0 Å². The molecule has 39 heavy (non-hydrogen) atoms.